The first-order valence-electron chi connectivity index (χ1n) is 4.60. The summed E-state index contributed by atoms with van der Waals surface area (Å²) in [6.45, 7) is 4.52. The lowest BCUT2D eigenvalue weighted by Crippen LogP contribution is -2.27. The molecule has 0 aromatic carbocycles. The molecule has 2 atom stereocenters. The van der Waals surface area contributed by atoms with Crippen LogP contribution >= 0.6 is 0 Å². The van der Waals surface area contributed by atoms with Crippen molar-refractivity contribution in [3.05, 3.63) is 12.2 Å². The van der Waals surface area contributed by atoms with Gasteiger partial charge in [0.2, 0.25) is 0 Å². The molecule has 1 saturated carbocycles. The van der Waals surface area contributed by atoms with Gasteiger partial charge in [-0.25, -0.2) is 0 Å². The van der Waals surface area contributed by atoms with E-state index in [1.54, 1.807) is 7.11 Å². The Morgan fingerprint density at radius 3 is 2.75 bits per heavy atom. The van der Waals surface area contributed by atoms with Crippen LogP contribution in [-0.4, -0.2) is 24.9 Å². The summed E-state index contributed by atoms with van der Waals surface area (Å²) in [6, 6.07) is 0. The van der Waals surface area contributed by atoms with Crippen LogP contribution in [0.2, 0.25) is 0 Å². The third-order valence-electron chi connectivity index (χ3n) is 2.58. The van der Waals surface area contributed by atoms with Crippen LogP contribution in [0.4, 0.5) is 0 Å². The number of aliphatic hydroxyl groups excluding tert-OH is 1. The summed E-state index contributed by atoms with van der Waals surface area (Å²) in [6.07, 6.45) is 4.18. The molecule has 1 rings (SSSR count). The fraction of sp³-hybridized carbons (Fsp3) is 0.800. The molecule has 0 aliphatic heterocycles. The molecule has 0 heterocycles. The molecule has 1 aliphatic carbocycles. The highest BCUT2D eigenvalue weighted by atomic mass is 16.5. The minimum atomic E-state index is -0.179. The van der Waals surface area contributed by atoms with Crippen molar-refractivity contribution in [2.75, 3.05) is 13.7 Å². The molecular formula is C10H18O2. The van der Waals surface area contributed by atoms with Crippen molar-refractivity contribution in [2.24, 2.45) is 5.92 Å². The molecule has 0 bridgehead atoms. The summed E-state index contributed by atoms with van der Waals surface area (Å²) in [4.78, 5) is 0. The minimum absolute atomic E-state index is 0.179. The highest BCUT2D eigenvalue weighted by Gasteiger charge is 2.24. The first-order valence-corrected chi connectivity index (χ1v) is 4.60. The van der Waals surface area contributed by atoms with E-state index in [-0.39, 0.29) is 12.0 Å². The summed E-state index contributed by atoms with van der Waals surface area (Å²) >= 11 is 0. The Morgan fingerprint density at radius 2 is 2.17 bits per heavy atom. The summed E-state index contributed by atoms with van der Waals surface area (Å²) in [5.74, 6) is 0.277. The monoisotopic (exact) mass is 170 g/mol. The molecule has 0 spiro atoms. The van der Waals surface area contributed by atoms with E-state index in [1.807, 2.05) is 0 Å². The van der Waals surface area contributed by atoms with Crippen LogP contribution in [0.3, 0.4) is 0 Å². The predicted molar refractivity (Wildman–Crippen MR) is 49.0 cm³/mol. The van der Waals surface area contributed by atoms with Gasteiger partial charge in [0, 0.05) is 13.0 Å². The Bertz CT molecular complexity index is 154. The molecule has 70 valence electrons. The maximum absolute atomic E-state index is 9.65. The first kappa shape index (κ1) is 9.75. The fourth-order valence-corrected chi connectivity index (χ4v) is 1.88. The van der Waals surface area contributed by atoms with E-state index in [0.29, 0.717) is 6.61 Å². The van der Waals surface area contributed by atoms with Gasteiger partial charge >= 0.3 is 0 Å². The van der Waals surface area contributed by atoms with Crippen LogP contribution in [0, 0.1) is 5.92 Å². The second-order valence-electron chi connectivity index (χ2n) is 3.55. The maximum Gasteiger partial charge on any atom is 0.0674 e. The molecular weight excluding hydrogens is 152 g/mol. The smallest absolute Gasteiger partial charge is 0.0674 e. The zero-order valence-corrected chi connectivity index (χ0v) is 7.75. The van der Waals surface area contributed by atoms with Gasteiger partial charge < -0.3 is 9.84 Å². The van der Waals surface area contributed by atoms with Crippen molar-refractivity contribution >= 4 is 0 Å². The van der Waals surface area contributed by atoms with Gasteiger partial charge in [0.25, 0.3) is 0 Å². The molecule has 2 unspecified atom stereocenters. The van der Waals surface area contributed by atoms with Gasteiger partial charge in [-0.2, -0.15) is 0 Å². The van der Waals surface area contributed by atoms with Gasteiger partial charge in [0.1, 0.15) is 0 Å². The lowest BCUT2D eigenvalue weighted by Gasteiger charge is -2.28. The normalized spacial score (nSPS) is 30.2. The molecule has 0 saturated heterocycles. The topological polar surface area (TPSA) is 29.5 Å². The van der Waals surface area contributed by atoms with Gasteiger partial charge in [0.05, 0.1) is 12.7 Å². The second-order valence-corrected chi connectivity index (χ2v) is 3.55. The van der Waals surface area contributed by atoms with Crippen LogP contribution in [0.15, 0.2) is 12.2 Å². The Hall–Kier alpha value is -0.340. The van der Waals surface area contributed by atoms with Gasteiger partial charge in [-0.15, -0.1) is 0 Å². The third kappa shape index (κ3) is 2.32. The third-order valence-corrected chi connectivity index (χ3v) is 2.58. The van der Waals surface area contributed by atoms with Crippen molar-refractivity contribution in [3.8, 4) is 0 Å². The molecule has 2 heteroatoms. The predicted octanol–water partition coefficient (Wildman–Crippen LogP) is 1.74. The van der Waals surface area contributed by atoms with Crippen molar-refractivity contribution < 1.29 is 9.84 Å². The van der Waals surface area contributed by atoms with Crippen molar-refractivity contribution in [1.29, 1.82) is 0 Å². The molecule has 0 radical (unpaired) electrons. The molecule has 2 nitrogen and oxygen atoms in total. The van der Waals surface area contributed by atoms with E-state index in [2.05, 4.69) is 6.58 Å². The van der Waals surface area contributed by atoms with E-state index in [4.69, 9.17) is 4.74 Å². The lowest BCUT2D eigenvalue weighted by molar-refractivity contribution is 0.0783. The van der Waals surface area contributed by atoms with Crippen LogP contribution in [0.5, 0.6) is 0 Å². The van der Waals surface area contributed by atoms with Crippen molar-refractivity contribution in [2.45, 2.75) is 31.8 Å². The molecule has 0 aromatic rings. The molecule has 12 heavy (non-hydrogen) atoms. The first-order chi connectivity index (χ1) is 5.75. The van der Waals surface area contributed by atoms with Crippen molar-refractivity contribution in [3.63, 3.8) is 0 Å². The summed E-state index contributed by atoms with van der Waals surface area (Å²) in [5, 5.41) is 9.65. The van der Waals surface area contributed by atoms with Crippen LogP contribution in [0.25, 0.3) is 0 Å². The van der Waals surface area contributed by atoms with Crippen molar-refractivity contribution in [1.82, 2.24) is 0 Å². The number of methoxy groups -OCH3 is 1. The highest BCUT2D eigenvalue weighted by Crippen LogP contribution is 2.29. The standard InChI is InChI=1S/C10H18O2/c1-8(7-12-2)9-5-3-4-6-10(9)11/h9-11H,1,3-7H2,2H3. The number of hydrogen-bond acceptors (Lipinski definition) is 2. The average Bonchev–Trinajstić information content (AvgIpc) is 2.05. The van der Waals surface area contributed by atoms with E-state index < -0.39 is 0 Å². The number of aliphatic hydroxyl groups is 1. The second kappa shape index (κ2) is 4.63. The molecule has 0 amide bonds. The van der Waals surface area contributed by atoms with E-state index in [0.717, 1.165) is 24.8 Å². The molecule has 0 aromatic heterocycles. The molecule has 1 N–H and O–H groups in total. The number of ether oxygens (including phenoxy) is 1. The number of rotatable bonds is 3. The Kier molecular flexibility index (Phi) is 3.76. The fourth-order valence-electron chi connectivity index (χ4n) is 1.88. The van der Waals surface area contributed by atoms with E-state index in [9.17, 15) is 5.11 Å². The maximum atomic E-state index is 9.65. The molecule has 1 aliphatic rings. The van der Waals surface area contributed by atoms with E-state index in [1.165, 1.54) is 6.42 Å². The largest absolute Gasteiger partial charge is 0.393 e. The summed E-state index contributed by atoms with van der Waals surface area (Å²) < 4.78 is 4.99. The summed E-state index contributed by atoms with van der Waals surface area (Å²) in [5.41, 5.74) is 1.05. The Morgan fingerprint density at radius 1 is 1.50 bits per heavy atom. The highest BCUT2D eigenvalue weighted by molar-refractivity contribution is 5.04. The summed E-state index contributed by atoms with van der Waals surface area (Å²) in [7, 11) is 1.67. The van der Waals surface area contributed by atoms with Crippen LogP contribution in [-0.2, 0) is 4.74 Å². The van der Waals surface area contributed by atoms with Gasteiger partial charge in [-0.3, -0.25) is 0 Å². The van der Waals surface area contributed by atoms with E-state index >= 15 is 0 Å². The number of hydrogen-bond donors (Lipinski definition) is 1. The average molecular weight is 170 g/mol. The van der Waals surface area contributed by atoms with Crippen LogP contribution < -0.4 is 0 Å². The van der Waals surface area contributed by atoms with Crippen LogP contribution in [0.1, 0.15) is 25.7 Å². The SMILES string of the molecule is C=C(COC)C1CCCCC1O. The molecule has 1 fully saturated rings. The zero-order valence-electron chi connectivity index (χ0n) is 7.75. The van der Waals surface area contributed by atoms with Gasteiger partial charge in [-0.1, -0.05) is 19.4 Å². The Balaban J connectivity index is 2.42. The lowest BCUT2D eigenvalue weighted by atomic mass is 9.82. The quantitative estimate of drug-likeness (QED) is 0.654. The minimum Gasteiger partial charge on any atom is -0.393 e. The van der Waals surface area contributed by atoms with Gasteiger partial charge in [0.15, 0.2) is 0 Å². The Labute approximate surface area is 74.2 Å². The van der Waals surface area contributed by atoms with Gasteiger partial charge in [-0.05, 0) is 18.4 Å². The zero-order chi connectivity index (χ0) is 8.97.